The van der Waals surface area contributed by atoms with Gasteiger partial charge in [-0.15, -0.1) is 0 Å². The zero-order valence-electron chi connectivity index (χ0n) is 10.6. The summed E-state index contributed by atoms with van der Waals surface area (Å²) in [5.41, 5.74) is 1.06. The van der Waals surface area contributed by atoms with Crippen LogP contribution in [-0.4, -0.2) is 35.9 Å². The lowest BCUT2D eigenvalue weighted by molar-refractivity contribution is -0.465. The molecule has 1 N–H and O–H groups in total. The van der Waals surface area contributed by atoms with E-state index in [1.807, 2.05) is 62.2 Å². The Hall–Kier alpha value is -0.560. The van der Waals surface area contributed by atoms with Crippen molar-refractivity contribution in [3.8, 4) is 0 Å². The number of amidine groups is 2. The summed E-state index contributed by atoms with van der Waals surface area (Å²) in [7, 11) is 3.97. The molecule has 0 saturated heterocycles. The fourth-order valence-electron chi connectivity index (χ4n) is 1.02. The third kappa shape index (κ3) is 6.07. The number of aliphatic imine (C=N–C) groups is 1. The lowest BCUT2D eigenvalue weighted by atomic mass is 10.3. The highest BCUT2D eigenvalue weighted by Crippen LogP contribution is 2.09. The van der Waals surface area contributed by atoms with E-state index < -0.39 is 0 Å². The van der Waals surface area contributed by atoms with E-state index in [2.05, 4.69) is 10.3 Å². The van der Waals surface area contributed by atoms with Crippen LogP contribution in [0.25, 0.3) is 0 Å². The summed E-state index contributed by atoms with van der Waals surface area (Å²) in [6, 6.07) is 10.1. The van der Waals surface area contributed by atoms with Crippen molar-refractivity contribution >= 4 is 28.5 Å². The fraction of sp³-hybridized carbons (Fsp3) is 0.333. The van der Waals surface area contributed by atoms with E-state index in [4.69, 9.17) is 0 Å². The fourth-order valence-corrected chi connectivity index (χ4v) is 1.46. The molecule has 1 aromatic rings. The van der Waals surface area contributed by atoms with Gasteiger partial charge < -0.3 is 29.3 Å². The van der Waals surface area contributed by atoms with Gasteiger partial charge in [-0.3, -0.25) is 4.58 Å². The number of nitrogens with one attached hydrogen (secondary N) is 1. The van der Waals surface area contributed by atoms with Gasteiger partial charge in [0.25, 0.3) is 11.0 Å². The Morgan fingerprint density at radius 3 is 2.29 bits per heavy atom. The summed E-state index contributed by atoms with van der Waals surface area (Å²) in [4.78, 5) is 4.50. The zero-order valence-corrected chi connectivity index (χ0v) is 13.5. The number of rotatable bonds is 1. The Morgan fingerprint density at radius 1 is 1.24 bits per heavy atom. The monoisotopic (exact) mass is 363 g/mol. The molecule has 1 aromatic carbocycles. The third-order valence-electron chi connectivity index (χ3n) is 2.13. The van der Waals surface area contributed by atoms with Gasteiger partial charge >= 0.3 is 0 Å². The van der Waals surface area contributed by atoms with Crippen LogP contribution in [0, 0.1) is 0 Å². The number of anilines is 1. The van der Waals surface area contributed by atoms with Crippen molar-refractivity contribution in [3.63, 3.8) is 0 Å². The van der Waals surface area contributed by atoms with Gasteiger partial charge in [-0.1, -0.05) is 30.0 Å². The Balaban J connectivity index is 0.00000256. The minimum Gasteiger partial charge on any atom is -1.00 e. The molecule has 3 nitrogen and oxygen atoms in total. The first kappa shape index (κ1) is 16.4. The first-order valence-corrected chi connectivity index (χ1v) is 6.31. The summed E-state index contributed by atoms with van der Waals surface area (Å²) >= 11 is 1.60. The van der Waals surface area contributed by atoms with E-state index in [1.54, 1.807) is 11.8 Å². The summed E-state index contributed by atoms with van der Waals surface area (Å²) in [5.74, 6) is 0.979. The molecular formula is C12H18IN3S. The molecular weight excluding hydrogens is 345 g/mol. The Labute approximate surface area is 124 Å². The van der Waals surface area contributed by atoms with Crippen molar-refractivity contribution in [1.82, 2.24) is 0 Å². The first-order valence-electron chi connectivity index (χ1n) is 5.09. The Kier molecular flexibility index (Phi) is 8.24. The third-order valence-corrected chi connectivity index (χ3v) is 2.71. The second-order valence-electron chi connectivity index (χ2n) is 3.55. The topological polar surface area (TPSA) is 27.4 Å². The highest BCUT2D eigenvalue weighted by atomic mass is 127. The number of hydrogen-bond donors (Lipinski definition) is 1. The zero-order chi connectivity index (χ0) is 12.0. The van der Waals surface area contributed by atoms with E-state index in [9.17, 15) is 0 Å². The minimum atomic E-state index is 0. The molecule has 0 radical (unpaired) electrons. The predicted octanol–water partition coefficient (Wildman–Crippen LogP) is -0.488. The Bertz CT molecular complexity index is 397. The maximum Gasteiger partial charge on any atom is 0.293 e. The summed E-state index contributed by atoms with van der Waals surface area (Å²) in [5, 5.41) is 4.18. The smallest absolute Gasteiger partial charge is 0.293 e. The van der Waals surface area contributed by atoms with Gasteiger partial charge in [0.2, 0.25) is 0 Å². The highest BCUT2D eigenvalue weighted by Gasteiger charge is 2.07. The van der Waals surface area contributed by atoms with Gasteiger partial charge in [0.15, 0.2) is 0 Å². The van der Waals surface area contributed by atoms with Crippen LogP contribution in [0.5, 0.6) is 0 Å². The van der Waals surface area contributed by atoms with Crippen LogP contribution in [0.15, 0.2) is 35.3 Å². The van der Waals surface area contributed by atoms with Gasteiger partial charge in [-0.2, -0.15) is 0 Å². The van der Waals surface area contributed by atoms with E-state index in [-0.39, 0.29) is 24.0 Å². The molecule has 0 aliphatic heterocycles. The van der Waals surface area contributed by atoms with Crippen LogP contribution in [0.2, 0.25) is 0 Å². The molecule has 0 unspecified atom stereocenters. The van der Waals surface area contributed by atoms with Crippen LogP contribution >= 0.6 is 11.8 Å². The maximum atomic E-state index is 4.50. The summed E-state index contributed by atoms with van der Waals surface area (Å²) in [6.45, 7) is 1.99. The SMILES string of the molecule is CSC(=NC(C)=[N+](C)C)Nc1ccccc1.[I-]. The van der Waals surface area contributed by atoms with E-state index >= 15 is 0 Å². The molecule has 0 aromatic heterocycles. The summed E-state index contributed by atoms with van der Waals surface area (Å²) < 4.78 is 1.99. The van der Waals surface area contributed by atoms with Crippen LogP contribution in [0.4, 0.5) is 5.69 Å². The lowest BCUT2D eigenvalue weighted by Crippen LogP contribution is -3.00. The van der Waals surface area contributed by atoms with Gasteiger partial charge in [-0.25, -0.2) is 0 Å². The molecule has 94 valence electrons. The largest absolute Gasteiger partial charge is 1.00 e. The quantitative estimate of drug-likeness (QED) is 0.316. The maximum absolute atomic E-state index is 4.50. The molecule has 5 heteroatoms. The molecule has 17 heavy (non-hydrogen) atoms. The molecule has 0 aliphatic rings. The second kappa shape index (κ2) is 8.52. The first-order chi connectivity index (χ1) is 7.63. The molecule has 0 atom stereocenters. The van der Waals surface area contributed by atoms with Crippen molar-refractivity contribution in [2.24, 2.45) is 4.99 Å². The van der Waals surface area contributed by atoms with Gasteiger partial charge in [0, 0.05) is 12.6 Å². The van der Waals surface area contributed by atoms with Crippen LogP contribution in [0.3, 0.4) is 0 Å². The van der Waals surface area contributed by atoms with Gasteiger partial charge in [0.1, 0.15) is 0 Å². The van der Waals surface area contributed by atoms with Gasteiger partial charge in [0.05, 0.1) is 14.1 Å². The van der Waals surface area contributed by atoms with Crippen LogP contribution in [0.1, 0.15) is 6.92 Å². The number of nitrogens with zero attached hydrogens (tertiary/aromatic N) is 2. The average Bonchev–Trinajstić information content (AvgIpc) is 2.29. The highest BCUT2D eigenvalue weighted by molar-refractivity contribution is 8.13. The molecule has 1 rings (SSSR count). The second-order valence-corrected chi connectivity index (χ2v) is 4.35. The number of para-hydroxylation sites is 1. The van der Waals surface area contributed by atoms with Crippen LogP contribution in [-0.2, 0) is 0 Å². The lowest BCUT2D eigenvalue weighted by Gasteiger charge is -2.02. The van der Waals surface area contributed by atoms with Crippen molar-refractivity contribution in [1.29, 1.82) is 0 Å². The van der Waals surface area contributed by atoms with Crippen molar-refractivity contribution in [3.05, 3.63) is 30.3 Å². The van der Waals surface area contributed by atoms with Crippen molar-refractivity contribution < 1.29 is 28.6 Å². The predicted molar refractivity (Wildman–Crippen MR) is 73.8 cm³/mol. The molecule has 0 heterocycles. The number of benzene rings is 1. The Morgan fingerprint density at radius 2 is 1.82 bits per heavy atom. The van der Waals surface area contributed by atoms with Crippen LogP contribution < -0.4 is 29.3 Å². The minimum absolute atomic E-state index is 0. The van der Waals surface area contributed by atoms with Gasteiger partial charge in [-0.05, 0) is 23.4 Å². The standard InChI is InChI=1S/C12H17N3S.HI/c1-10(15(2)3)13-12(16-4)14-11-8-6-5-7-9-11;/h5-9H,1-4H3;1H. The summed E-state index contributed by atoms with van der Waals surface area (Å²) in [6.07, 6.45) is 2.01. The normalized spacial score (nSPS) is 10.5. The molecule has 0 bridgehead atoms. The van der Waals surface area contributed by atoms with E-state index in [1.165, 1.54) is 0 Å². The molecule has 0 saturated carbocycles. The number of halogens is 1. The molecule has 0 fully saturated rings. The van der Waals surface area contributed by atoms with E-state index in [0.717, 1.165) is 16.7 Å². The number of hydrogen-bond acceptors (Lipinski definition) is 1. The van der Waals surface area contributed by atoms with E-state index in [0.29, 0.717) is 0 Å². The number of thioether (sulfide) groups is 1. The van der Waals surface area contributed by atoms with Crippen molar-refractivity contribution in [2.75, 3.05) is 25.7 Å². The van der Waals surface area contributed by atoms with Crippen molar-refractivity contribution in [2.45, 2.75) is 6.92 Å². The molecule has 0 aliphatic carbocycles. The average molecular weight is 363 g/mol. The molecule has 0 spiro atoms. The molecule has 0 amide bonds.